The maximum Gasteiger partial charge on any atom is 0.340 e. The molecule has 4 bridgehead atoms. The van der Waals surface area contributed by atoms with E-state index in [0.717, 1.165) is 19.3 Å². The molecule has 6 rings (SSSR count). The average molecular weight is 476 g/mol. The summed E-state index contributed by atoms with van der Waals surface area (Å²) in [6, 6.07) is 14.5. The first-order valence-electron chi connectivity index (χ1n) is 12.1. The molecule has 0 aromatic heterocycles. The van der Waals surface area contributed by atoms with Crippen LogP contribution in [0, 0.1) is 17.8 Å². The summed E-state index contributed by atoms with van der Waals surface area (Å²) in [5.74, 6) is 0.156. The molecule has 0 unspecified atom stereocenters. The fourth-order valence-electron chi connectivity index (χ4n) is 6.46. The summed E-state index contributed by atoms with van der Waals surface area (Å²) >= 11 is 0. The lowest BCUT2D eigenvalue weighted by Crippen LogP contribution is -2.62. The normalized spacial score (nSPS) is 26.0. The van der Waals surface area contributed by atoms with Gasteiger partial charge in [-0.25, -0.2) is 9.59 Å². The monoisotopic (exact) mass is 475 g/mol. The van der Waals surface area contributed by atoms with Gasteiger partial charge in [0, 0.05) is 11.1 Å². The fourth-order valence-corrected chi connectivity index (χ4v) is 6.46. The predicted octanol–water partition coefficient (Wildman–Crippen LogP) is 3.89. The molecular formula is C27H29N3O5. The molecule has 0 aliphatic heterocycles. The molecule has 4 fully saturated rings. The Morgan fingerprint density at radius 3 is 2.09 bits per heavy atom. The van der Waals surface area contributed by atoms with E-state index in [1.165, 1.54) is 25.3 Å². The number of amides is 4. The van der Waals surface area contributed by atoms with Crippen molar-refractivity contribution in [2.75, 3.05) is 11.9 Å². The molecule has 3 N–H and O–H groups in total. The number of benzene rings is 2. The lowest BCUT2D eigenvalue weighted by Gasteiger charge is -2.56. The Morgan fingerprint density at radius 2 is 1.43 bits per heavy atom. The maximum atomic E-state index is 12.6. The molecule has 0 saturated heterocycles. The molecule has 0 radical (unpaired) electrons. The minimum Gasteiger partial charge on any atom is -0.452 e. The number of urea groups is 1. The quantitative estimate of drug-likeness (QED) is 0.549. The van der Waals surface area contributed by atoms with Crippen molar-refractivity contribution in [3.8, 4) is 0 Å². The first-order chi connectivity index (χ1) is 16.9. The van der Waals surface area contributed by atoms with Gasteiger partial charge in [-0.2, -0.15) is 0 Å². The number of rotatable bonds is 6. The van der Waals surface area contributed by atoms with Gasteiger partial charge in [-0.05, 0) is 80.5 Å². The van der Waals surface area contributed by atoms with Crippen LogP contribution in [0.1, 0.15) is 59.2 Å². The minimum atomic E-state index is -0.773. The number of nitrogens with one attached hydrogen (secondary N) is 3. The third-order valence-corrected chi connectivity index (χ3v) is 7.44. The highest BCUT2D eigenvalue weighted by molar-refractivity contribution is 6.08. The zero-order valence-corrected chi connectivity index (χ0v) is 19.4. The van der Waals surface area contributed by atoms with E-state index in [-0.39, 0.29) is 22.7 Å². The second-order valence-electron chi connectivity index (χ2n) is 10.1. The molecule has 4 aliphatic carbocycles. The SMILES string of the molecule is O=C(COC(=O)c1ccccc1NC(=O)c1ccccc1)NC(=O)NC12CC3CC(CC(C3)C1)C2. The van der Waals surface area contributed by atoms with E-state index in [2.05, 4.69) is 16.0 Å². The molecule has 8 heteroatoms. The molecule has 4 saturated carbocycles. The summed E-state index contributed by atoms with van der Waals surface area (Å²) in [6.07, 6.45) is 6.68. The number of hydrogen-bond donors (Lipinski definition) is 3. The smallest absolute Gasteiger partial charge is 0.340 e. The highest BCUT2D eigenvalue weighted by atomic mass is 16.5. The molecule has 4 amide bonds. The van der Waals surface area contributed by atoms with E-state index in [0.29, 0.717) is 23.3 Å². The number of para-hydroxylation sites is 1. The van der Waals surface area contributed by atoms with E-state index in [1.807, 2.05) is 0 Å². The zero-order valence-electron chi connectivity index (χ0n) is 19.4. The first-order valence-corrected chi connectivity index (χ1v) is 12.1. The lowest BCUT2D eigenvalue weighted by atomic mass is 9.53. The van der Waals surface area contributed by atoms with Crippen molar-refractivity contribution in [1.29, 1.82) is 0 Å². The number of carbonyl (C=O) groups excluding carboxylic acids is 4. The second kappa shape index (κ2) is 9.52. The molecule has 0 spiro atoms. The van der Waals surface area contributed by atoms with E-state index >= 15 is 0 Å². The Bertz CT molecular complexity index is 1110. The molecule has 8 nitrogen and oxygen atoms in total. The van der Waals surface area contributed by atoms with Gasteiger partial charge in [-0.15, -0.1) is 0 Å². The largest absolute Gasteiger partial charge is 0.452 e. The summed E-state index contributed by atoms with van der Waals surface area (Å²) in [4.78, 5) is 49.9. The number of esters is 1. The minimum absolute atomic E-state index is 0.114. The third kappa shape index (κ3) is 5.21. The van der Waals surface area contributed by atoms with Gasteiger partial charge in [0.2, 0.25) is 0 Å². The first kappa shape index (κ1) is 23.1. The van der Waals surface area contributed by atoms with Crippen LogP contribution in [0.3, 0.4) is 0 Å². The second-order valence-corrected chi connectivity index (χ2v) is 10.1. The number of ether oxygens (including phenoxy) is 1. The lowest BCUT2D eigenvalue weighted by molar-refractivity contribution is -0.123. The van der Waals surface area contributed by atoms with Crippen LogP contribution < -0.4 is 16.0 Å². The zero-order chi connectivity index (χ0) is 24.4. The molecule has 182 valence electrons. The van der Waals surface area contributed by atoms with E-state index in [1.54, 1.807) is 48.5 Å². The van der Waals surface area contributed by atoms with Crippen molar-refractivity contribution in [2.24, 2.45) is 17.8 Å². The van der Waals surface area contributed by atoms with Gasteiger partial charge in [0.25, 0.3) is 11.8 Å². The van der Waals surface area contributed by atoms with Gasteiger partial charge >= 0.3 is 12.0 Å². The summed E-state index contributed by atoms with van der Waals surface area (Å²) in [5.41, 5.74) is 0.611. The molecule has 35 heavy (non-hydrogen) atoms. The number of carbonyl (C=O) groups is 4. The molecular weight excluding hydrogens is 446 g/mol. The van der Waals surface area contributed by atoms with Crippen LogP contribution in [-0.2, 0) is 9.53 Å². The maximum absolute atomic E-state index is 12.6. The van der Waals surface area contributed by atoms with Crippen LogP contribution in [0.5, 0.6) is 0 Å². The van der Waals surface area contributed by atoms with Crippen molar-refractivity contribution in [2.45, 2.75) is 44.1 Å². The highest BCUT2D eigenvalue weighted by Gasteiger charge is 2.51. The Labute approximate surface area is 203 Å². The van der Waals surface area contributed by atoms with Crippen molar-refractivity contribution in [3.05, 3.63) is 65.7 Å². The fraction of sp³-hybridized carbons (Fsp3) is 0.407. The molecule has 2 aromatic rings. The van der Waals surface area contributed by atoms with Gasteiger partial charge < -0.3 is 15.4 Å². The van der Waals surface area contributed by atoms with Crippen LogP contribution in [0.25, 0.3) is 0 Å². The van der Waals surface area contributed by atoms with Gasteiger partial charge in [-0.1, -0.05) is 30.3 Å². The van der Waals surface area contributed by atoms with Gasteiger partial charge in [0.05, 0.1) is 11.3 Å². The standard InChI is InChI=1S/C27H29N3O5/c31-23(29-26(34)30-27-13-17-10-18(14-27)12-19(11-17)15-27)16-35-25(33)21-8-4-5-9-22(21)28-24(32)20-6-2-1-3-7-20/h1-9,17-19H,10-16H2,(H,28,32)(H2,29,30,31,34). The number of imide groups is 1. The average Bonchev–Trinajstić information content (AvgIpc) is 2.82. The summed E-state index contributed by atoms with van der Waals surface area (Å²) < 4.78 is 5.13. The Morgan fingerprint density at radius 1 is 0.829 bits per heavy atom. The topological polar surface area (TPSA) is 114 Å². The van der Waals surface area contributed by atoms with E-state index in [9.17, 15) is 19.2 Å². The van der Waals surface area contributed by atoms with E-state index < -0.39 is 24.5 Å². The number of anilines is 1. The highest BCUT2D eigenvalue weighted by Crippen LogP contribution is 2.55. The predicted molar refractivity (Wildman–Crippen MR) is 129 cm³/mol. The molecule has 0 atom stereocenters. The van der Waals surface area contributed by atoms with Crippen LogP contribution >= 0.6 is 0 Å². The summed E-state index contributed by atoms with van der Waals surface area (Å²) in [5, 5.41) is 8.05. The van der Waals surface area contributed by atoms with E-state index in [4.69, 9.17) is 4.74 Å². The summed E-state index contributed by atoms with van der Waals surface area (Å²) in [7, 11) is 0. The number of hydrogen-bond acceptors (Lipinski definition) is 5. The third-order valence-electron chi connectivity index (χ3n) is 7.44. The molecule has 4 aliphatic rings. The van der Waals surface area contributed by atoms with Crippen LogP contribution in [0.4, 0.5) is 10.5 Å². The van der Waals surface area contributed by atoms with Gasteiger partial charge in [0.15, 0.2) is 6.61 Å². The van der Waals surface area contributed by atoms with Gasteiger partial charge in [0.1, 0.15) is 0 Å². The van der Waals surface area contributed by atoms with Crippen LogP contribution in [0.2, 0.25) is 0 Å². The van der Waals surface area contributed by atoms with Crippen molar-refractivity contribution in [3.63, 3.8) is 0 Å². The Balaban J connectivity index is 1.13. The van der Waals surface area contributed by atoms with Crippen LogP contribution in [-0.4, -0.2) is 36.0 Å². The Hall–Kier alpha value is -3.68. The van der Waals surface area contributed by atoms with Crippen LogP contribution in [0.15, 0.2) is 54.6 Å². The van der Waals surface area contributed by atoms with Crippen molar-refractivity contribution < 1.29 is 23.9 Å². The van der Waals surface area contributed by atoms with Gasteiger partial charge in [-0.3, -0.25) is 14.9 Å². The van der Waals surface area contributed by atoms with Crippen molar-refractivity contribution >= 4 is 29.5 Å². The molecule has 2 aromatic carbocycles. The molecule has 0 heterocycles. The van der Waals surface area contributed by atoms with Crippen molar-refractivity contribution in [1.82, 2.24) is 10.6 Å². The Kier molecular flexibility index (Phi) is 6.28. The summed E-state index contributed by atoms with van der Waals surface area (Å²) in [6.45, 7) is -0.603.